The third-order valence-corrected chi connectivity index (χ3v) is 3.30. The molecule has 1 aliphatic heterocycles. The van der Waals surface area contributed by atoms with E-state index in [4.69, 9.17) is 4.74 Å². The molecule has 0 aromatic rings. The number of piperidine rings is 1. The van der Waals surface area contributed by atoms with Gasteiger partial charge in [-0.15, -0.1) is 0 Å². The summed E-state index contributed by atoms with van der Waals surface area (Å²) in [7, 11) is 0. The normalized spacial score (nSPS) is 20.7. The second kappa shape index (κ2) is 5.30. The summed E-state index contributed by atoms with van der Waals surface area (Å²) in [6.45, 7) is 9.40. The molecule has 1 atom stereocenters. The van der Waals surface area contributed by atoms with Crippen molar-refractivity contribution < 1.29 is 9.53 Å². The smallest absolute Gasteiger partial charge is 0.410 e. The Morgan fingerprint density at radius 3 is 2.25 bits per heavy atom. The quantitative estimate of drug-likeness (QED) is 0.720. The lowest BCUT2D eigenvalue weighted by molar-refractivity contribution is 0.0184. The van der Waals surface area contributed by atoms with E-state index in [1.807, 2.05) is 20.8 Å². The minimum absolute atomic E-state index is 0.183. The summed E-state index contributed by atoms with van der Waals surface area (Å²) in [4.78, 5) is 13.6. The number of ether oxygens (including phenoxy) is 1. The largest absolute Gasteiger partial charge is 0.444 e. The highest BCUT2D eigenvalue weighted by Gasteiger charge is 2.27. The lowest BCUT2D eigenvalue weighted by Crippen LogP contribution is -2.42. The van der Waals surface area contributed by atoms with Gasteiger partial charge in [-0.3, -0.25) is 0 Å². The second-order valence-corrected chi connectivity index (χ2v) is 6.36. The van der Waals surface area contributed by atoms with Gasteiger partial charge < -0.3 is 9.64 Å². The van der Waals surface area contributed by atoms with Gasteiger partial charge in [-0.1, -0.05) is 6.92 Å². The van der Waals surface area contributed by atoms with Gasteiger partial charge in [0.1, 0.15) is 5.60 Å². The number of likely N-dealkylation sites (tertiary alicyclic amines) is 1. The van der Waals surface area contributed by atoms with Gasteiger partial charge in [-0.05, 0) is 39.5 Å². The van der Waals surface area contributed by atoms with Crippen LogP contribution in [0.15, 0.2) is 0 Å². The van der Waals surface area contributed by atoms with Crippen LogP contribution >= 0.6 is 12.6 Å². The van der Waals surface area contributed by atoms with Gasteiger partial charge in [-0.25, -0.2) is 4.79 Å². The minimum Gasteiger partial charge on any atom is -0.444 e. The fourth-order valence-corrected chi connectivity index (χ4v) is 2.19. The van der Waals surface area contributed by atoms with Crippen molar-refractivity contribution in [2.45, 2.75) is 51.4 Å². The molecule has 3 nitrogen and oxygen atoms in total. The Morgan fingerprint density at radius 1 is 1.38 bits per heavy atom. The number of thiol groups is 1. The van der Waals surface area contributed by atoms with E-state index >= 15 is 0 Å². The molecule has 1 fully saturated rings. The van der Waals surface area contributed by atoms with Gasteiger partial charge in [0, 0.05) is 18.3 Å². The van der Waals surface area contributed by atoms with E-state index in [2.05, 4.69) is 19.6 Å². The SMILES string of the molecule is C[C@H](S)C1CCN(C(=O)OC(C)(C)C)CC1. The Labute approximate surface area is 104 Å². The Morgan fingerprint density at radius 2 is 1.88 bits per heavy atom. The molecule has 0 N–H and O–H groups in total. The van der Waals surface area contributed by atoms with E-state index in [9.17, 15) is 4.79 Å². The third kappa shape index (κ3) is 4.24. The number of amides is 1. The first kappa shape index (κ1) is 13.7. The third-order valence-electron chi connectivity index (χ3n) is 2.87. The second-order valence-electron chi connectivity index (χ2n) is 5.55. The predicted molar refractivity (Wildman–Crippen MR) is 69.0 cm³/mol. The fourth-order valence-electron chi connectivity index (χ4n) is 1.89. The van der Waals surface area contributed by atoms with Crippen molar-refractivity contribution in [1.29, 1.82) is 0 Å². The van der Waals surface area contributed by atoms with Gasteiger partial charge in [0.2, 0.25) is 0 Å². The maximum Gasteiger partial charge on any atom is 0.410 e. The van der Waals surface area contributed by atoms with Gasteiger partial charge in [0.05, 0.1) is 0 Å². The Bertz CT molecular complexity index is 240. The van der Waals surface area contributed by atoms with Crippen LogP contribution in [0, 0.1) is 5.92 Å². The molecular weight excluding hydrogens is 222 g/mol. The average Bonchev–Trinajstić information content (AvgIpc) is 2.15. The van der Waals surface area contributed by atoms with Crippen LogP contribution in [0.5, 0.6) is 0 Å². The lowest BCUT2D eigenvalue weighted by atomic mass is 9.94. The number of hydrogen-bond donors (Lipinski definition) is 1. The maximum atomic E-state index is 11.8. The summed E-state index contributed by atoms with van der Waals surface area (Å²) in [5, 5.41) is 0.417. The number of carbonyl (C=O) groups is 1. The highest BCUT2D eigenvalue weighted by atomic mass is 32.1. The first-order valence-corrected chi connectivity index (χ1v) is 6.47. The maximum absolute atomic E-state index is 11.8. The summed E-state index contributed by atoms with van der Waals surface area (Å²) in [6, 6.07) is 0. The van der Waals surface area contributed by atoms with E-state index in [0.29, 0.717) is 11.2 Å². The summed E-state index contributed by atoms with van der Waals surface area (Å²) in [5.41, 5.74) is -0.398. The molecule has 1 amide bonds. The molecule has 94 valence electrons. The van der Waals surface area contributed by atoms with E-state index in [1.54, 1.807) is 4.90 Å². The van der Waals surface area contributed by atoms with E-state index in [1.165, 1.54) is 0 Å². The summed E-state index contributed by atoms with van der Waals surface area (Å²) in [6.07, 6.45) is 1.88. The molecule has 4 heteroatoms. The molecule has 0 bridgehead atoms. The van der Waals surface area contributed by atoms with E-state index < -0.39 is 5.60 Å². The van der Waals surface area contributed by atoms with Crippen LogP contribution < -0.4 is 0 Å². The molecule has 0 unspecified atom stereocenters. The molecule has 0 radical (unpaired) electrons. The first-order valence-electron chi connectivity index (χ1n) is 5.95. The van der Waals surface area contributed by atoms with Crippen molar-refractivity contribution in [1.82, 2.24) is 4.90 Å². The Balaban J connectivity index is 2.39. The summed E-state index contributed by atoms with van der Waals surface area (Å²) in [5.74, 6) is 0.627. The fraction of sp³-hybridized carbons (Fsp3) is 0.917. The van der Waals surface area contributed by atoms with Crippen molar-refractivity contribution in [2.24, 2.45) is 5.92 Å². The lowest BCUT2D eigenvalue weighted by Gasteiger charge is -2.34. The van der Waals surface area contributed by atoms with Gasteiger partial charge in [0.15, 0.2) is 0 Å². The number of nitrogens with zero attached hydrogens (tertiary/aromatic N) is 1. The predicted octanol–water partition coefficient (Wildman–Crippen LogP) is 2.95. The Hall–Kier alpha value is -0.380. The van der Waals surface area contributed by atoms with E-state index in [-0.39, 0.29) is 6.09 Å². The summed E-state index contributed by atoms with van der Waals surface area (Å²) >= 11 is 4.46. The minimum atomic E-state index is -0.398. The van der Waals surface area contributed by atoms with Crippen molar-refractivity contribution in [3.63, 3.8) is 0 Å². The highest BCUT2D eigenvalue weighted by molar-refractivity contribution is 7.80. The van der Waals surface area contributed by atoms with Crippen LogP contribution in [-0.4, -0.2) is 34.9 Å². The van der Waals surface area contributed by atoms with Crippen LogP contribution in [0.2, 0.25) is 0 Å². The van der Waals surface area contributed by atoms with Crippen molar-refractivity contribution in [3.05, 3.63) is 0 Å². The van der Waals surface area contributed by atoms with Crippen LogP contribution in [0.1, 0.15) is 40.5 Å². The molecular formula is C12H23NO2S. The first-order chi connectivity index (χ1) is 7.29. The van der Waals surface area contributed by atoms with Crippen molar-refractivity contribution in [2.75, 3.05) is 13.1 Å². The highest BCUT2D eigenvalue weighted by Crippen LogP contribution is 2.24. The number of hydrogen-bond acceptors (Lipinski definition) is 3. The number of rotatable bonds is 1. The van der Waals surface area contributed by atoms with Crippen LogP contribution in [0.3, 0.4) is 0 Å². The van der Waals surface area contributed by atoms with Crippen molar-refractivity contribution in [3.8, 4) is 0 Å². The topological polar surface area (TPSA) is 29.5 Å². The van der Waals surface area contributed by atoms with Crippen LogP contribution in [0.4, 0.5) is 4.79 Å². The van der Waals surface area contributed by atoms with E-state index in [0.717, 1.165) is 25.9 Å². The molecule has 0 aliphatic carbocycles. The standard InChI is InChI=1S/C12H23NO2S/c1-9(16)10-5-7-13(8-6-10)11(14)15-12(2,3)4/h9-10,16H,5-8H2,1-4H3/t9-/m0/s1. The molecule has 1 rings (SSSR count). The summed E-state index contributed by atoms with van der Waals surface area (Å²) < 4.78 is 5.34. The molecule has 1 aliphatic rings. The molecule has 1 saturated heterocycles. The zero-order chi connectivity index (χ0) is 12.3. The zero-order valence-corrected chi connectivity index (χ0v) is 11.6. The number of carbonyl (C=O) groups excluding carboxylic acids is 1. The monoisotopic (exact) mass is 245 g/mol. The average molecular weight is 245 g/mol. The molecule has 0 spiro atoms. The van der Waals surface area contributed by atoms with Gasteiger partial charge in [-0.2, -0.15) is 12.6 Å². The van der Waals surface area contributed by atoms with Crippen LogP contribution in [0.25, 0.3) is 0 Å². The van der Waals surface area contributed by atoms with Gasteiger partial charge >= 0.3 is 6.09 Å². The van der Waals surface area contributed by atoms with Gasteiger partial charge in [0.25, 0.3) is 0 Å². The van der Waals surface area contributed by atoms with Crippen molar-refractivity contribution >= 4 is 18.7 Å². The zero-order valence-electron chi connectivity index (χ0n) is 10.7. The molecule has 0 aromatic carbocycles. The molecule has 1 heterocycles. The molecule has 0 aromatic heterocycles. The Kier molecular flexibility index (Phi) is 4.53. The molecule has 16 heavy (non-hydrogen) atoms. The van der Waals surface area contributed by atoms with Crippen LogP contribution in [-0.2, 0) is 4.74 Å². The molecule has 0 saturated carbocycles.